The lowest BCUT2D eigenvalue weighted by Gasteiger charge is -1.69. The van der Waals surface area contributed by atoms with E-state index in [0.29, 0.717) is 0 Å². The van der Waals surface area contributed by atoms with Crippen molar-refractivity contribution in [2.24, 2.45) is 5.14 Å². The number of nitrogens with two attached hydrogens (primary N) is 1. The highest BCUT2D eigenvalue weighted by Crippen LogP contribution is 2.20. The van der Waals surface area contributed by atoms with Gasteiger partial charge in [0.1, 0.15) is 0 Å². The van der Waals surface area contributed by atoms with Crippen LogP contribution in [0.3, 0.4) is 0 Å². The zero-order valence-electron chi connectivity index (χ0n) is 1.97. The van der Waals surface area contributed by atoms with Crippen molar-refractivity contribution in [3.05, 3.63) is 0 Å². The molecule has 0 fully saturated rings. The van der Waals surface area contributed by atoms with Crippen molar-refractivity contribution >= 4 is 29.8 Å². The maximum Gasteiger partial charge on any atom is -0.0104 e. The summed E-state index contributed by atoms with van der Waals surface area (Å²) in [5.41, 5.74) is 0. The lowest BCUT2D eigenvalue weighted by atomic mass is 14.0. The molecule has 0 amide bonds. The molecule has 0 aliphatic heterocycles. The Morgan fingerprint density at radius 3 is 2.00 bits per heavy atom. The Labute approximate surface area is 35.6 Å². The van der Waals surface area contributed by atoms with E-state index in [1.165, 1.54) is 21.4 Å². The normalized spacial score (nSPS) is 7.50. The van der Waals surface area contributed by atoms with Crippen LogP contribution < -0.4 is 5.14 Å². The molecule has 1 nitrogen and oxygen atoms in total. The minimum Gasteiger partial charge on any atom is -0.268 e. The van der Waals surface area contributed by atoms with Crippen molar-refractivity contribution in [2.45, 2.75) is 0 Å². The molecule has 0 radical (unpaired) electrons. The van der Waals surface area contributed by atoms with E-state index in [4.69, 9.17) is 5.14 Å². The van der Waals surface area contributed by atoms with Gasteiger partial charge in [0.25, 0.3) is 0 Å². The van der Waals surface area contributed by atoms with E-state index in [1.54, 1.807) is 0 Å². The molecule has 2 N–H and O–H groups in total. The third-order valence-electron chi connectivity index (χ3n) is 0.0556. The molecule has 0 aromatic heterocycles. The second-order valence-corrected chi connectivity index (χ2v) is 3.46. The molecule has 26 valence electrons. The van der Waals surface area contributed by atoms with Crippen LogP contribution in [-0.4, -0.2) is 0 Å². The topological polar surface area (TPSA) is 26.0 Å². The Hall–Kier alpha value is 1.09. The van der Waals surface area contributed by atoms with Crippen LogP contribution in [-0.2, 0) is 0 Å². The minimum atomic E-state index is 1.24. The quantitative estimate of drug-likeness (QED) is 0.312. The summed E-state index contributed by atoms with van der Waals surface area (Å²) in [6.45, 7) is 0. The van der Waals surface area contributed by atoms with Crippen LogP contribution in [0, 0.1) is 0 Å². The van der Waals surface area contributed by atoms with Gasteiger partial charge in [0, 0.05) is 0 Å². The fourth-order valence-electron chi connectivity index (χ4n) is 0. The van der Waals surface area contributed by atoms with Gasteiger partial charge in [0.15, 0.2) is 0 Å². The summed E-state index contributed by atoms with van der Waals surface area (Å²) in [6, 6.07) is 0. The van der Waals surface area contributed by atoms with Gasteiger partial charge >= 0.3 is 0 Å². The molecule has 0 spiro atoms. The Morgan fingerprint density at radius 2 is 2.00 bits per heavy atom. The van der Waals surface area contributed by atoms with Gasteiger partial charge in [-0.1, -0.05) is 18.9 Å². The van der Waals surface area contributed by atoms with Crippen LogP contribution in [0.25, 0.3) is 0 Å². The molecule has 4 heteroatoms. The van der Waals surface area contributed by atoms with E-state index in [2.05, 4.69) is 8.44 Å². The predicted octanol–water partition coefficient (Wildman–Crippen LogP) is 1.03. The average molecular weight is 113 g/mol. The fourth-order valence-corrected chi connectivity index (χ4v) is 0. The maximum atomic E-state index is 4.89. The molecule has 0 rings (SSSR count). The smallest absolute Gasteiger partial charge is 0.0104 e. The Kier molecular flexibility index (Phi) is 5.20. The highest BCUT2D eigenvalue weighted by atomic mass is 33.3. The maximum absolute atomic E-state index is 4.89. The number of rotatable bonds is 1. The van der Waals surface area contributed by atoms with E-state index in [9.17, 15) is 0 Å². The van der Waals surface area contributed by atoms with Crippen molar-refractivity contribution < 1.29 is 0 Å². The second-order valence-electron chi connectivity index (χ2n) is 0.192. The third-order valence-corrected chi connectivity index (χ3v) is 1.50. The molecule has 0 saturated carbocycles. The fraction of sp³-hybridized carbons (Fsp3) is 0. The first kappa shape index (κ1) is 5.09. The predicted molar refractivity (Wildman–Crippen MR) is 29.1 cm³/mol. The molecule has 0 bridgehead atoms. The first-order valence-corrected chi connectivity index (χ1v) is 4.33. The Bertz CT molecular complexity index is 8.00. The molecule has 0 aliphatic carbocycles. The Balaban J connectivity index is 1.97. The highest BCUT2D eigenvalue weighted by Gasteiger charge is 1.55. The molecule has 0 saturated heterocycles. The van der Waals surface area contributed by atoms with Crippen molar-refractivity contribution in [2.75, 3.05) is 0 Å². The summed E-state index contributed by atoms with van der Waals surface area (Å²) in [6.07, 6.45) is 0. The zero-order chi connectivity index (χ0) is 3.41. The molecule has 4 heavy (non-hydrogen) atoms. The van der Waals surface area contributed by atoms with E-state index in [1.807, 2.05) is 0 Å². The van der Waals surface area contributed by atoms with Crippen LogP contribution in [0.2, 0.25) is 0 Å². The highest BCUT2D eigenvalue weighted by molar-refractivity contribution is 8.93. The Morgan fingerprint density at radius 1 is 1.75 bits per heavy atom. The summed E-state index contributed by atoms with van der Waals surface area (Å²) >= 11 is 0. The lowest BCUT2D eigenvalue weighted by molar-refractivity contribution is 2.07. The van der Waals surface area contributed by atoms with Crippen LogP contribution >= 0.6 is 29.8 Å². The molecule has 0 aromatic carbocycles. The summed E-state index contributed by atoms with van der Waals surface area (Å²) in [5, 5.41) is 4.89. The third kappa shape index (κ3) is 3.09. The van der Waals surface area contributed by atoms with Crippen LogP contribution in [0.1, 0.15) is 0 Å². The summed E-state index contributed by atoms with van der Waals surface area (Å²) in [5.74, 6) is 0. The molecular formula is H4NPS2. The first-order chi connectivity index (χ1) is 1.91. The van der Waals surface area contributed by atoms with E-state index >= 15 is 0 Å². The number of hydrogen-bond acceptors (Lipinski definition) is 3. The molecule has 0 heterocycles. The van der Waals surface area contributed by atoms with Gasteiger partial charge in [0.2, 0.25) is 0 Å². The molecule has 0 aromatic rings. The molecule has 0 aliphatic rings. The van der Waals surface area contributed by atoms with Gasteiger partial charge < -0.3 is 0 Å². The van der Waals surface area contributed by atoms with E-state index in [0.717, 1.165) is 0 Å². The molecule has 1 atom stereocenters. The number of hydrogen-bond donors (Lipinski definition) is 1. The first-order valence-electron chi connectivity index (χ1n) is 0.638. The SMILES string of the molecule is NSSP. The van der Waals surface area contributed by atoms with Crippen LogP contribution in [0.4, 0.5) is 0 Å². The minimum absolute atomic E-state index is 1.24. The van der Waals surface area contributed by atoms with E-state index < -0.39 is 0 Å². The summed E-state index contributed by atoms with van der Waals surface area (Å²) in [7, 11) is 5.11. The van der Waals surface area contributed by atoms with Gasteiger partial charge in [-0.25, -0.2) is 0 Å². The van der Waals surface area contributed by atoms with Gasteiger partial charge in [0.05, 0.1) is 0 Å². The van der Waals surface area contributed by atoms with Crippen molar-refractivity contribution in [3.8, 4) is 0 Å². The second kappa shape index (κ2) is 4.09. The average Bonchev–Trinajstić information content (AvgIpc) is 1.37. The zero-order valence-corrected chi connectivity index (χ0v) is 4.76. The standard InChI is InChI=1S/H4NPS2/c1-3-4-2/h1-2H2. The van der Waals surface area contributed by atoms with Gasteiger partial charge in [-0.2, -0.15) is 0 Å². The van der Waals surface area contributed by atoms with Gasteiger partial charge in [-0.05, 0) is 11.0 Å². The van der Waals surface area contributed by atoms with Crippen LogP contribution in [0.5, 0.6) is 0 Å². The molecule has 1 unspecified atom stereocenters. The van der Waals surface area contributed by atoms with Gasteiger partial charge in [-0.3, -0.25) is 5.14 Å². The lowest BCUT2D eigenvalue weighted by Crippen LogP contribution is -1.60. The van der Waals surface area contributed by atoms with Crippen molar-refractivity contribution in [1.82, 2.24) is 0 Å². The van der Waals surface area contributed by atoms with Crippen LogP contribution in [0.15, 0.2) is 0 Å². The monoisotopic (exact) mass is 113 g/mol. The summed E-state index contributed by atoms with van der Waals surface area (Å²) < 4.78 is 0. The largest absolute Gasteiger partial charge is 0.268 e. The van der Waals surface area contributed by atoms with Crippen molar-refractivity contribution in [3.63, 3.8) is 0 Å². The summed E-state index contributed by atoms with van der Waals surface area (Å²) in [4.78, 5) is 0. The van der Waals surface area contributed by atoms with Gasteiger partial charge in [-0.15, -0.1) is 0 Å². The molecular weight excluding hydrogens is 109 g/mol. The van der Waals surface area contributed by atoms with E-state index in [-0.39, 0.29) is 0 Å². The van der Waals surface area contributed by atoms with Crippen molar-refractivity contribution in [1.29, 1.82) is 0 Å².